The van der Waals surface area contributed by atoms with Crippen LogP contribution in [0.3, 0.4) is 0 Å². The summed E-state index contributed by atoms with van der Waals surface area (Å²) in [5, 5.41) is 4.13. The molecular weight excluding hydrogens is 373 g/mol. The Labute approximate surface area is 163 Å². The highest BCUT2D eigenvalue weighted by atomic mass is 35.5. The van der Waals surface area contributed by atoms with Crippen LogP contribution in [0.5, 0.6) is 0 Å². The lowest BCUT2D eigenvalue weighted by Crippen LogP contribution is -2.52. The number of benzene rings is 1. The average molecular weight is 394 g/mol. The van der Waals surface area contributed by atoms with Gasteiger partial charge in [-0.25, -0.2) is 14.8 Å². The molecule has 2 aromatic rings. The molecule has 1 aromatic heterocycles. The van der Waals surface area contributed by atoms with Crippen LogP contribution in [-0.2, 0) is 0 Å². The van der Waals surface area contributed by atoms with Crippen molar-refractivity contribution in [2.75, 3.05) is 31.1 Å². The number of aryl methyl sites for hydroxylation is 1. The second kappa shape index (κ2) is 8.10. The van der Waals surface area contributed by atoms with Crippen molar-refractivity contribution in [3.05, 3.63) is 51.9 Å². The summed E-state index contributed by atoms with van der Waals surface area (Å²) in [6, 6.07) is 6.90. The number of carbonyl (C=O) groups excluding carboxylic acids is 1. The highest BCUT2D eigenvalue weighted by molar-refractivity contribution is 6.35. The average Bonchev–Trinajstić information content (AvgIpc) is 2.61. The lowest BCUT2D eigenvalue weighted by Gasteiger charge is -2.36. The van der Waals surface area contributed by atoms with Gasteiger partial charge in [-0.2, -0.15) is 0 Å². The highest BCUT2D eigenvalue weighted by Gasteiger charge is 2.23. The van der Waals surface area contributed by atoms with Gasteiger partial charge in [0.1, 0.15) is 11.6 Å². The van der Waals surface area contributed by atoms with Crippen molar-refractivity contribution < 1.29 is 4.79 Å². The SMILES string of the molecule is Cc1nccc(N2CCN(C(=O)N[C@@H](C)c3ccc(Cl)cc3Cl)CC2)n1. The zero-order chi connectivity index (χ0) is 18.7. The van der Waals surface area contributed by atoms with Gasteiger partial charge < -0.3 is 15.1 Å². The van der Waals surface area contributed by atoms with E-state index in [1.165, 1.54) is 0 Å². The molecule has 0 aliphatic carbocycles. The predicted molar refractivity (Wildman–Crippen MR) is 104 cm³/mol. The molecule has 0 spiro atoms. The van der Waals surface area contributed by atoms with E-state index in [0.717, 1.165) is 30.3 Å². The number of hydrogen-bond donors (Lipinski definition) is 1. The van der Waals surface area contributed by atoms with E-state index >= 15 is 0 Å². The minimum absolute atomic E-state index is 0.0953. The lowest BCUT2D eigenvalue weighted by atomic mass is 10.1. The summed E-state index contributed by atoms with van der Waals surface area (Å²) < 4.78 is 0. The van der Waals surface area contributed by atoms with E-state index in [9.17, 15) is 4.79 Å². The minimum Gasteiger partial charge on any atom is -0.353 e. The minimum atomic E-state index is -0.199. The lowest BCUT2D eigenvalue weighted by molar-refractivity contribution is 0.191. The fourth-order valence-corrected chi connectivity index (χ4v) is 3.54. The molecule has 1 fully saturated rings. The normalized spacial score (nSPS) is 15.7. The molecule has 0 saturated carbocycles. The van der Waals surface area contributed by atoms with E-state index < -0.39 is 0 Å². The van der Waals surface area contributed by atoms with Crippen molar-refractivity contribution >= 4 is 35.1 Å². The van der Waals surface area contributed by atoms with Crippen molar-refractivity contribution in [2.45, 2.75) is 19.9 Å². The molecule has 3 rings (SSSR count). The van der Waals surface area contributed by atoms with E-state index in [1.807, 2.05) is 30.9 Å². The number of rotatable bonds is 3. The number of nitrogens with zero attached hydrogens (tertiary/aromatic N) is 4. The van der Waals surface area contributed by atoms with Crippen molar-refractivity contribution in [1.29, 1.82) is 0 Å². The summed E-state index contributed by atoms with van der Waals surface area (Å²) in [6.07, 6.45) is 1.76. The fourth-order valence-electron chi connectivity index (χ4n) is 2.97. The third-order valence-corrected chi connectivity index (χ3v) is 4.98. The number of piperazine rings is 1. The molecule has 1 atom stereocenters. The van der Waals surface area contributed by atoms with E-state index in [2.05, 4.69) is 20.2 Å². The number of amides is 2. The Morgan fingerprint density at radius 3 is 2.58 bits per heavy atom. The molecular formula is C18H21Cl2N5O. The number of halogens is 2. The van der Waals surface area contributed by atoms with Crippen LogP contribution in [0.2, 0.25) is 10.0 Å². The predicted octanol–water partition coefficient (Wildman–Crippen LogP) is 3.68. The number of urea groups is 1. The maximum atomic E-state index is 12.6. The molecule has 2 amide bonds. The molecule has 8 heteroatoms. The van der Waals surface area contributed by atoms with Crippen LogP contribution < -0.4 is 10.2 Å². The molecule has 1 aromatic carbocycles. The number of aromatic nitrogens is 2. The number of nitrogens with one attached hydrogen (secondary N) is 1. The Morgan fingerprint density at radius 1 is 1.19 bits per heavy atom. The number of carbonyl (C=O) groups is 1. The molecule has 26 heavy (non-hydrogen) atoms. The van der Waals surface area contributed by atoms with Gasteiger partial charge in [-0.05, 0) is 37.6 Å². The Balaban J connectivity index is 1.56. The van der Waals surface area contributed by atoms with Crippen LogP contribution in [-0.4, -0.2) is 47.1 Å². The third kappa shape index (κ3) is 4.37. The summed E-state index contributed by atoms with van der Waals surface area (Å²) in [6.45, 7) is 6.52. The smallest absolute Gasteiger partial charge is 0.317 e. The monoisotopic (exact) mass is 393 g/mol. The third-order valence-electron chi connectivity index (χ3n) is 4.42. The Morgan fingerprint density at radius 2 is 1.92 bits per heavy atom. The molecule has 138 valence electrons. The number of anilines is 1. The summed E-state index contributed by atoms with van der Waals surface area (Å²) in [7, 11) is 0. The summed E-state index contributed by atoms with van der Waals surface area (Å²) >= 11 is 12.2. The van der Waals surface area contributed by atoms with Gasteiger partial charge >= 0.3 is 6.03 Å². The van der Waals surface area contributed by atoms with Crippen LogP contribution in [0.4, 0.5) is 10.6 Å². The molecule has 0 unspecified atom stereocenters. The fraction of sp³-hybridized carbons (Fsp3) is 0.389. The van der Waals surface area contributed by atoms with Crippen molar-refractivity contribution in [1.82, 2.24) is 20.2 Å². The van der Waals surface area contributed by atoms with Gasteiger partial charge in [0.15, 0.2) is 0 Å². The maximum absolute atomic E-state index is 12.6. The van der Waals surface area contributed by atoms with E-state index in [0.29, 0.717) is 23.1 Å². The van der Waals surface area contributed by atoms with Gasteiger partial charge in [0, 0.05) is 42.4 Å². The second-order valence-corrected chi connectivity index (χ2v) is 7.12. The first kappa shape index (κ1) is 18.7. The van der Waals surface area contributed by atoms with E-state index in [1.54, 1.807) is 18.3 Å². The van der Waals surface area contributed by atoms with Crippen LogP contribution in [0.25, 0.3) is 0 Å². The first-order valence-corrected chi connectivity index (χ1v) is 9.24. The quantitative estimate of drug-likeness (QED) is 0.863. The molecule has 0 radical (unpaired) electrons. The van der Waals surface area contributed by atoms with Gasteiger partial charge in [0.2, 0.25) is 0 Å². The molecule has 1 saturated heterocycles. The van der Waals surface area contributed by atoms with Crippen LogP contribution in [0.1, 0.15) is 24.4 Å². The largest absolute Gasteiger partial charge is 0.353 e. The van der Waals surface area contributed by atoms with Crippen molar-refractivity contribution in [2.24, 2.45) is 0 Å². The molecule has 1 N–H and O–H groups in total. The van der Waals surface area contributed by atoms with Crippen molar-refractivity contribution in [3.63, 3.8) is 0 Å². The van der Waals surface area contributed by atoms with Gasteiger partial charge in [-0.3, -0.25) is 0 Å². The van der Waals surface area contributed by atoms with E-state index in [4.69, 9.17) is 23.2 Å². The van der Waals surface area contributed by atoms with Crippen LogP contribution in [0.15, 0.2) is 30.5 Å². The standard InChI is InChI=1S/C18H21Cl2N5O/c1-12(15-4-3-14(19)11-16(15)20)22-18(26)25-9-7-24(8-10-25)17-5-6-21-13(2)23-17/h3-6,11-12H,7-10H2,1-2H3,(H,22,26)/t12-/m0/s1. The van der Waals surface area contributed by atoms with Gasteiger partial charge in [-0.1, -0.05) is 29.3 Å². The van der Waals surface area contributed by atoms with Gasteiger partial charge in [-0.15, -0.1) is 0 Å². The van der Waals surface area contributed by atoms with Gasteiger partial charge in [0.05, 0.1) is 6.04 Å². The molecule has 0 bridgehead atoms. The summed E-state index contributed by atoms with van der Waals surface area (Å²) in [5.41, 5.74) is 0.847. The van der Waals surface area contributed by atoms with Crippen LogP contribution >= 0.6 is 23.2 Å². The molecule has 6 nitrogen and oxygen atoms in total. The summed E-state index contributed by atoms with van der Waals surface area (Å²) in [5.74, 6) is 1.65. The van der Waals surface area contributed by atoms with Gasteiger partial charge in [0.25, 0.3) is 0 Å². The Bertz CT molecular complexity index is 793. The Hall–Kier alpha value is -2.05. The first-order valence-electron chi connectivity index (χ1n) is 8.49. The maximum Gasteiger partial charge on any atom is 0.317 e. The zero-order valence-electron chi connectivity index (χ0n) is 14.7. The van der Waals surface area contributed by atoms with Crippen molar-refractivity contribution in [3.8, 4) is 0 Å². The summed E-state index contributed by atoms with van der Waals surface area (Å²) in [4.78, 5) is 25.1. The molecule has 1 aliphatic rings. The van der Waals surface area contributed by atoms with E-state index in [-0.39, 0.29) is 12.1 Å². The zero-order valence-corrected chi connectivity index (χ0v) is 16.3. The Kier molecular flexibility index (Phi) is 5.84. The van der Waals surface area contributed by atoms with Crippen LogP contribution in [0, 0.1) is 6.92 Å². The number of hydrogen-bond acceptors (Lipinski definition) is 4. The second-order valence-electron chi connectivity index (χ2n) is 6.27. The topological polar surface area (TPSA) is 61.4 Å². The molecule has 1 aliphatic heterocycles. The highest BCUT2D eigenvalue weighted by Crippen LogP contribution is 2.26. The first-order chi connectivity index (χ1) is 12.4. The molecule has 2 heterocycles.